The fraction of sp³-hybridized carbons (Fsp3) is 0.263. The minimum Gasteiger partial charge on any atom is -0.333 e. The quantitative estimate of drug-likeness (QED) is 0.550. The highest BCUT2D eigenvalue weighted by atomic mass is 32.2. The van der Waals surface area contributed by atoms with Crippen LogP contribution < -0.4 is 5.32 Å². The predicted molar refractivity (Wildman–Crippen MR) is 106 cm³/mol. The van der Waals surface area contributed by atoms with Crippen LogP contribution in [0.15, 0.2) is 59.3 Å². The molecule has 25 heavy (non-hydrogen) atoms. The van der Waals surface area contributed by atoms with Crippen molar-refractivity contribution in [3.8, 4) is 0 Å². The molecular formula is C19H22N2O2S2. The molecule has 2 aromatic rings. The van der Waals surface area contributed by atoms with Crippen LogP contribution in [0.3, 0.4) is 0 Å². The van der Waals surface area contributed by atoms with Gasteiger partial charge in [-0.05, 0) is 42.6 Å². The Kier molecular flexibility index (Phi) is 7.28. The van der Waals surface area contributed by atoms with Crippen LogP contribution in [0.5, 0.6) is 0 Å². The Morgan fingerprint density at radius 3 is 2.60 bits per heavy atom. The van der Waals surface area contributed by atoms with Crippen molar-refractivity contribution in [2.24, 2.45) is 0 Å². The van der Waals surface area contributed by atoms with E-state index in [0.717, 1.165) is 15.5 Å². The summed E-state index contributed by atoms with van der Waals surface area (Å²) in [5, 5.41) is 4.55. The number of thioether (sulfide) groups is 1. The second kappa shape index (κ2) is 9.44. The normalized spacial score (nSPS) is 11.6. The van der Waals surface area contributed by atoms with Crippen LogP contribution in [0.25, 0.3) is 0 Å². The van der Waals surface area contributed by atoms with Crippen molar-refractivity contribution in [3.63, 3.8) is 0 Å². The van der Waals surface area contributed by atoms with Gasteiger partial charge in [-0.25, -0.2) is 0 Å². The van der Waals surface area contributed by atoms with E-state index in [1.807, 2.05) is 53.6 Å². The van der Waals surface area contributed by atoms with Crippen molar-refractivity contribution in [2.75, 3.05) is 11.9 Å². The average molecular weight is 375 g/mol. The summed E-state index contributed by atoms with van der Waals surface area (Å²) in [7, 11) is 0. The zero-order valence-electron chi connectivity index (χ0n) is 14.4. The summed E-state index contributed by atoms with van der Waals surface area (Å²) in [5.74, 6) is -0.0122. The summed E-state index contributed by atoms with van der Waals surface area (Å²) >= 11 is 3.16. The molecule has 0 bridgehead atoms. The number of hydrogen-bond donors (Lipinski definition) is 1. The monoisotopic (exact) mass is 374 g/mol. The summed E-state index contributed by atoms with van der Waals surface area (Å²) in [5.41, 5.74) is 0.752. The Bertz CT molecular complexity index is 712. The van der Waals surface area contributed by atoms with E-state index >= 15 is 0 Å². The first kappa shape index (κ1) is 19.3. The van der Waals surface area contributed by atoms with E-state index in [2.05, 4.69) is 11.9 Å². The summed E-state index contributed by atoms with van der Waals surface area (Å²) < 4.78 is 0. The molecule has 4 nitrogen and oxygen atoms in total. The first-order valence-electron chi connectivity index (χ1n) is 7.96. The molecule has 1 unspecified atom stereocenters. The molecule has 1 atom stereocenters. The number of anilines is 1. The fourth-order valence-electron chi connectivity index (χ4n) is 2.31. The minimum absolute atomic E-state index is 0.0873. The van der Waals surface area contributed by atoms with Gasteiger partial charge in [-0.1, -0.05) is 12.1 Å². The lowest BCUT2D eigenvalue weighted by molar-refractivity contribution is -0.130. The second-order valence-electron chi connectivity index (χ2n) is 5.55. The lowest BCUT2D eigenvalue weighted by Crippen LogP contribution is -2.36. The molecule has 1 heterocycles. The van der Waals surface area contributed by atoms with Gasteiger partial charge in [0.1, 0.15) is 0 Å². The molecule has 0 spiro atoms. The number of carbonyl (C=O) groups is 2. The third-order valence-corrected chi connectivity index (χ3v) is 5.38. The number of carbonyl (C=O) groups excluding carboxylic acids is 2. The van der Waals surface area contributed by atoms with Gasteiger partial charge in [-0.15, -0.1) is 29.7 Å². The smallest absolute Gasteiger partial charge is 0.236 e. The molecule has 1 aromatic heterocycles. The van der Waals surface area contributed by atoms with Crippen LogP contribution in [0, 0.1) is 0 Å². The number of hydrogen-bond acceptors (Lipinski definition) is 4. The van der Waals surface area contributed by atoms with Crippen molar-refractivity contribution < 1.29 is 9.59 Å². The van der Waals surface area contributed by atoms with E-state index in [4.69, 9.17) is 0 Å². The maximum atomic E-state index is 12.8. The summed E-state index contributed by atoms with van der Waals surface area (Å²) in [4.78, 5) is 27.8. The van der Waals surface area contributed by atoms with Gasteiger partial charge in [0.15, 0.2) is 0 Å². The fourth-order valence-corrected chi connectivity index (χ4v) is 3.98. The molecule has 0 saturated carbocycles. The molecule has 1 aromatic carbocycles. The average Bonchev–Trinajstić information content (AvgIpc) is 3.08. The highest BCUT2D eigenvalue weighted by molar-refractivity contribution is 8.00. The molecule has 6 heteroatoms. The molecule has 1 N–H and O–H groups in total. The van der Waals surface area contributed by atoms with Gasteiger partial charge in [0.25, 0.3) is 0 Å². The van der Waals surface area contributed by atoms with Gasteiger partial charge in [0, 0.05) is 28.9 Å². The zero-order chi connectivity index (χ0) is 18.2. The molecule has 132 valence electrons. The minimum atomic E-state index is -0.202. The van der Waals surface area contributed by atoms with Crippen molar-refractivity contribution >= 4 is 40.6 Å². The largest absolute Gasteiger partial charge is 0.333 e. The van der Waals surface area contributed by atoms with Crippen molar-refractivity contribution in [1.29, 1.82) is 0 Å². The third-order valence-electron chi connectivity index (χ3n) is 3.42. The van der Waals surface area contributed by atoms with E-state index < -0.39 is 0 Å². The highest BCUT2D eigenvalue weighted by Crippen LogP contribution is 2.26. The van der Waals surface area contributed by atoms with E-state index in [1.54, 1.807) is 17.4 Å². The van der Waals surface area contributed by atoms with Crippen LogP contribution in [0.2, 0.25) is 0 Å². The molecule has 0 aliphatic rings. The van der Waals surface area contributed by atoms with Crippen molar-refractivity contribution in [3.05, 3.63) is 59.3 Å². The first-order chi connectivity index (χ1) is 12.0. The third kappa shape index (κ3) is 6.07. The van der Waals surface area contributed by atoms with Crippen LogP contribution in [-0.4, -0.2) is 28.5 Å². The molecule has 0 fully saturated rings. The lowest BCUT2D eigenvalue weighted by Gasteiger charge is -2.24. The Labute approximate surface area is 156 Å². The van der Waals surface area contributed by atoms with E-state index in [9.17, 15) is 9.59 Å². The van der Waals surface area contributed by atoms with Crippen molar-refractivity contribution in [1.82, 2.24) is 4.90 Å². The number of nitrogens with zero attached hydrogens (tertiary/aromatic N) is 1. The van der Waals surface area contributed by atoms with E-state index in [-0.39, 0.29) is 17.1 Å². The number of benzene rings is 1. The Morgan fingerprint density at radius 2 is 2.04 bits per heavy atom. The van der Waals surface area contributed by atoms with Gasteiger partial charge < -0.3 is 10.2 Å². The standard InChI is InChI=1S/C19H22N2O2S2/c1-4-11-21(13-18-6-5-12-24-18)19(23)14(2)25-17-9-7-16(8-10-17)20-15(3)22/h4-10,12,14H,1,11,13H2,2-3H3,(H,20,22). The van der Waals surface area contributed by atoms with Gasteiger partial charge in [-0.2, -0.15) is 0 Å². The molecule has 0 aliphatic carbocycles. The molecule has 0 saturated heterocycles. The van der Waals surface area contributed by atoms with Gasteiger partial charge >= 0.3 is 0 Å². The summed E-state index contributed by atoms with van der Waals surface area (Å²) in [6.07, 6.45) is 1.76. The van der Waals surface area contributed by atoms with Crippen LogP contribution in [-0.2, 0) is 16.1 Å². The maximum Gasteiger partial charge on any atom is 0.236 e. The zero-order valence-corrected chi connectivity index (χ0v) is 16.0. The van der Waals surface area contributed by atoms with Crippen LogP contribution in [0.1, 0.15) is 18.7 Å². The SMILES string of the molecule is C=CCN(Cc1cccs1)C(=O)C(C)Sc1ccc(NC(C)=O)cc1. The predicted octanol–water partition coefficient (Wildman–Crippen LogP) is 4.40. The van der Waals surface area contributed by atoms with E-state index in [0.29, 0.717) is 13.1 Å². The summed E-state index contributed by atoms with van der Waals surface area (Å²) in [6.45, 7) is 8.29. The van der Waals surface area contributed by atoms with Gasteiger partial charge in [0.2, 0.25) is 11.8 Å². The Balaban J connectivity index is 1.99. The summed E-state index contributed by atoms with van der Waals surface area (Å²) in [6, 6.07) is 11.5. The number of amides is 2. The molecule has 2 rings (SSSR count). The number of rotatable bonds is 8. The van der Waals surface area contributed by atoms with Crippen LogP contribution >= 0.6 is 23.1 Å². The number of nitrogens with one attached hydrogen (secondary N) is 1. The van der Waals surface area contributed by atoms with E-state index in [1.165, 1.54) is 18.7 Å². The maximum absolute atomic E-state index is 12.8. The van der Waals surface area contributed by atoms with Gasteiger partial charge in [0.05, 0.1) is 11.8 Å². The molecule has 0 radical (unpaired) electrons. The highest BCUT2D eigenvalue weighted by Gasteiger charge is 2.21. The molecule has 0 aliphatic heterocycles. The lowest BCUT2D eigenvalue weighted by atomic mass is 10.3. The topological polar surface area (TPSA) is 49.4 Å². The van der Waals surface area contributed by atoms with Crippen molar-refractivity contribution in [2.45, 2.75) is 30.5 Å². The second-order valence-corrected chi connectivity index (χ2v) is 8.00. The van der Waals surface area contributed by atoms with Crippen LogP contribution in [0.4, 0.5) is 5.69 Å². The molecular weight excluding hydrogens is 352 g/mol. The number of thiophene rings is 1. The van der Waals surface area contributed by atoms with Gasteiger partial charge in [-0.3, -0.25) is 9.59 Å². The molecule has 2 amide bonds. The first-order valence-corrected chi connectivity index (χ1v) is 9.72. The Hall–Kier alpha value is -2.05. The Morgan fingerprint density at radius 1 is 1.32 bits per heavy atom.